The van der Waals surface area contributed by atoms with Crippen molar-refractivity contribution in [3.63, 3.8) is 0 Å². The van der Waals surface area contributed by atoms with Gasteiger partial charge in [0.15, 0.2) is 0 Å². The van der Waals surface area contributed by atoms with Crippen LogP contribution in [0.1, 0.15) is 59.3 Å². The summed E-state index contributed by atoms with van der Waals surface area (Å²) in [6.45, 7) is 8.37. The van der Waals surface area contributed by atoms with Gasteiger partial charge in [-0.3, -0.25) is 9.48 Å². The Morgan fingerprint density at radius 2 is 1.77 bits per heavy atom. The van der Waals surface area contributed by atoms with E-state index in [1.54, 1.807) is 33.8 Å². The van der Waals surface area contributed by atoms with E-state index in [1.165, 1.54) is 11.3 Å². The second-order valence-electron chi connectivity index (χ2n) is 9.64. The van der Waals surface area contributed by atoms with E-state index in [2.05, 4.69) is 10.4 Å². The van der Waals surface area contributed by atoms with Crippen molar-refractivity contribution >= 4 is 45.2 Å². The zero-order chi connectivity index (χ0) is 25.3. The molecule has 1 saturated heterocycles. The standard InChI is InChI=1S/C25H30N4O5S/c1-15-19-14-20(35-22(19)28(5)27-15)21(30)26-17-8-6-16(7-9-17)23(31)33-18-10-12-29(13-11-18)24(32)34-25(2,3)4/h6-9,14,18H,10-13H2,1-5H3,(H,26,30). The molecule has 0 bridgehead atoms. The number of fused-ring (bicyclic) bond motifs is 1. The van der Waals surface area contributed by atoms with Crippen LogP contribution in [0.25, 0.3) is 10.2 Å². The summed E-state index contributed by atoms with van der Waals surface area (Å²) in [6.07, 6.45) is 0.515. The number of benzene rings is 1. The van der Waals surface area contributed by atoms with Crippen molar-refractivity contribution < 1.29 is 23.9 Å². The zero-order valence-corrected chi connectivity index (χ0v) is 21.4. The average molecular weight is 499 g/mol. The number of piperidine rings is 1. The summed E-state index contributed by atoms with van der Waals surface area (Å²) in [7, 11) is 1.86. The number of carbonyl (C=O) groups is 3. The molecule has 1 fully saturated rings. The van der Waals surface area contributed by atoms with Gasteiger partial charge in [0.25, 0.3) is 5.91 Å². The molecule has 9 nitrogen and oxygen atoms in total. The second kappa shape index (κ2) is 9.69. The van der Waals surface area contributed by atoms with E-state index in [1.807, 2.05) is 40.8 Å². The van der Waals surface area contributed by atoms with Crippen LogP contribution < -0.4 is 5.32 Å². The summed E-state index contributed by atoms with van der Waals surface area (Å²) < 4.78 is 12.8. The number of likely N-dealkylation sites (tertiary alicyclic amines) is 1. The fraction of sp³-hybridized carbons (Fsp3) is 0.440. The predicted molar refractivity (Wildman–Crippen MR) is 134 cm³/mol. The molecule has 3 aromatic rings. The normalized spacial score (nSPS) is 14.7. The smallest absolute Gasteiger partial charge is 0.410 e. The lowest BCUT2D eigenvalue weighted by atomic mass is 10.1. The van der Waals surface area contributed by atoms with Crippen LogP contribution in [0.3, 0.4) is 0 Å². The van der Waals surface area contributed by atoms with Gasteiger partial charge >= 0.3 is 12.1 Å². The maximum Gasteiger partial charge on any atom is 0.410 e. The summed E-state index contributed by atoms with van der Waals surface area (Å²) >= 11 is 1.39. The Balaban J connectivity index is 1.29. The number of nitrogens with one attached hydrogen (secondary N) is 1. The summed E-state index contributed by atoms with van der Waals surface area (Å²) in [5.74, 6) is -0.635. The van der Waals surface area contributed by atoms with Gasteiger partial charge in [-0.1, -0.05) is 0 Å². The number of amides is 2. The molecule has 2 amide bonds. The number of hydrogen-bond acceptors (Lipinski definition) is 7. The Morgan fingerprint density at radius 1 is 1.11 bits per heavy atom. The summed E-state index contributed by atoms with van der Waals surface area (Å²) in [4.78, 5) is 40.6. The fourth-order valence-corrected chi connectivity index (χ4v) is 4.92. The van der Waals surface area contributed by atoms with Crippen molar-refractivity contribution in [2.24, 2.45) is 7.05 Å². The number of carbonyl (C=O) groups excluding carboxylic acids is 3. The molecule has 0 spiro atoms. The van der Waals surface area contributed by atoms with Gasteiger partial charge in [-0.15, -0.1) is 11.3 Å². The molecule has 1 aliphatic rings. The lowest BCUT2D eigenvalue weighted by molar-refractivity contribution is -0.00341. The Morgan fingerprint density at radius 3 is 2.37 bits per heavy atom. The lowest BCUT2D eigenvalue weighted by Crippen LogP contribution is -2.43. The van der Waals surface area contributed by atoms with E-state index in [0.717, 1.165) is 15.9 Å². The Hall–Kier alpha value is -3.40. The van der Waals surface area contributed by atoms with Gasteiger partial charge in [0.2, 0.25) is 0 Å². The third-order valence-electron chi connectivity index (χ3n) is 5.67. The van der Waals surface area contributed by atoms with Gasteiger partial charge in [-0.2, -0.15) is 5.10 Å². The summed E-state index contributed by atoms with van der Waals surface area (Å²) in [5, 5.41) is 8.19. The first-order valence-electron chi connectivity index (χ1n) is 11.5. The molecule has 0 radical (unpaired) electrons. The first-order chi connectivity index (χ1) is 16.5. The van der Waals surface area contributed by atoms with Gasteiger partial charge in [-0.25, -0.2) is 9.59 Å². The van der Waals surface area contributed by atoms with Crippen LogP contribution in [-0.4, -0.2) is 57.4 Å². The fourth-order valence-electron chi connectivity index (χ4n) is 3.90. The van der Waals surface area contributed by atoms with Crippen LogP contribution >= 0.6 is 11.3 Å². The van der Waals surface area contributed by atoms with Gasteiger partial charge in [0.1, 0.15) is 16.5 Å². The monoisotopic (exact) mass is 498 g/mol. The second-order valence-corrected chi connectivity index (χ2v) is 10.7. The third kappa shape index (κ3) is 5.82. The molecule has 0 aliphatic carbocycles. The highest BCUT2D eigenvalue weighted by molar-refractivity contribution is 7.20. The molecular weight excluding hydrogens is 468 g/mol. The van der Waals surface area contributed by atoms with Gasteiger partial charge in [0.05, 0.1) is 16.1 Å². The SMILES string of the molecule is Cc1nn(C)c2sc(C(=O)Nc3ccc(C(=O)OC4CCN(C(=O)OC(C)(C)C)CC4)cc3)cc12. The molecule has 0 saturated carbocycles. The van der Waals surface area contributed by atoms with Crippen LogP contribution in [0.4, 0.5) is 10.5 Å². The van der Waals surface area contributed by atoms with Crippen LogP contribution in [0.2, 0.25) is 0 Å². The molecule has 1 aromatic carbocycles. The number of aryl methyl sites for hydroxylation is 2. The van der Waals surface area contributed by atoms with Crippen LogP contribution in [0.5, 0.6) is 0 Å². The molecule has 186 valence electrons. The number of nitrogens with zero attached hydrogens (tertiary/aromatic N) is 3. The summed E-state index contributed by atoms with van der Waals surface area (Å²) in [5.41, 5.74) is 1.34. The van der Waals surface area contributed by atoms with E-state index < -0.39 is 11.6 Å². The van der Waals surface area contributed by atoms with Crippen LogP contribution in [0, 0.1) is 6.92 Å². The molecule has 3 heterocycles. The van der Waals surface area contributed by atoms with Crippen LogP contribution in [-0.2, 0) is 16.5 Å². The topological polar surface area (TPSA) is 103 Å². The highest BCUT2D eigenvalue weighted by atomic mass is 32.1. The van der Waals surface area contributed by atoms with E-state index in [0.29, 0.717) is 42.1 Å². The number of ether oxygens (including phenoxy) is 2. The van der Waals surface area contributed by atoms with Gasteiger partial charge in [-0.05, 0) is 58.0 Å². The molecule has 2 aromatic heterocycles. The Kier molecular flexibility index (Phi) is 6.84. The maximum absolute atomic E-state index is 12.7. The first-order valence-corrected chi connectivity index (χ1v) is 12.4. The highest BCUT2D eigenvalue weighted by Crippen LogP contribution is 2.28. The Bertz CT molecular complexity index is 1210. The minimum absolute atomic E-state index is 0.210. The van der Waals surface area contributed by atoms with Crippen molar-refractivity contribution in [2.45, 2.75) is 52.2 Å². The number of aromatic nitrogens is 2. The quantitative estimate of drug-likeness (QED) is 0.521. The number of rotatable bonds is 4. The molecule has 1 aliphatic heterocycles. The van der Waals surface area contributed by atoms with Crippen molar-refractivity contribution in [2.75, 3.05) is 18.4 Å². The Labute approximate surface area is 208 Å². The molecule has 0 unspecified atom stereocenters. The average Bonchev–Trinajstić information content (AvgIpc) is 3.35. The molecule has 35 heavy (non-hydrogen) atoms. The third-order valence-corrected chi connectivity index (χ3v) is 6.87. The number of esters is 1. The van der Waals surface area contributed by atoms with E-state index in [4.69, 9.17) is 9.47 Å². The maximum atomic E-state index is 12.7. The minimum Gasteiger partial charge on any atom is -0.459 e. The molecule has 0 atom stereocenters. The molecule has 4 rings (SSSR count). The minimum atomic E-state index is -0.541. The van der Waals surface area contributed by atoms with Crippen molar-refractivity contribution in [3.05, 3.63) is 46.5 Å². The number of thiophene rings is 1. The summed E-state index contributed by atoms with van der Waals surface area (Å²) in [6, 6.07) is 8.47. The van der Waals surface area contributed by atoms with Crippen molar-refractivity contribution in [1.29, 1.82) is 0 Å². The van der Waals surface area contributed by atoms with E-state index in [-0.39, 0.29) is 18.1 Å². The first kappa shape index (κ1) is 24.7. The number of hydrogen-bond donors (Lipinski definition) is 1. The predicted octanol–water partition coefficient (Wildman–Crippen LogP) is 4.75. The van der Waals surface area contributed by atoms with Gasteiger partial charge < -0.3 is 19.7 Å². The highest BCUT2D eigenvalue weighted by Gasteiger charge is 2.28. The molecule has 1 N–H and O–H groups in total. The zero-order valence-electron chi connectivity index (χ0n) is 20.6. The largest absolute Gasteiger partial charge is 0.459 e. The van der Waals surface area contributed by atoms with Crippen molar-refractivity contribution in [3.8, 4) is 0 Å². The lowest BCUT2D eigenvalue weighted by Gasteiger charge is -2.33. The number of anilines is 1. The van der Waals surface area contributed by atoms with E-state index in [9.17, 15) is 14.4 Å². The van der Waals surface area contributed by atoms with Crippen molar-refractivity contribution in [1.82, 2.24) is 14.7 Å². The van der Waals surface area contributed by atoms with Crippen LogP contribution in [0.15, 0.2) is 30.3 Å². The van der Waals surface area contributed by atoms with Gasteiger partial charge in [0, 0.05) is 44.1 Å². The van der Waals surface area contributed by atoms with E-state index >= 15 is 0 Å². The molecular formula is C25H30N4O5S. The molecule has 10 heteroatoms.